The Morgan fingerprint density at radius 1 is 1.34 bits per heavy atom. The first-order valence-electron chi connectivity index (χ1n) is 8.17. The van der Waals surface area contributed by atoms with Crippen LogP contribution in [0.2, 0.25) is 5.02 Å². The molecule has 2 heterocycles. The first kappa shape index (κ1) is 20.7. The molecule has 0 fully saturated rings. The van der Waals surface area contributed by atoms with Crippen LogP contribution >= 0.6 is 22.9 Å². The number of hydrogen-bond donors (Lipinski definition) is 1. The number of furan rings is 1. The van der Waals surface area contributed by atoms with Crippen molar-refractivity contribution >= 4 is 49.9 Å². The van der Waals surface area contributed by atoms with E-state index in [0.29, 0.717) is 22.1 Å². The second kappa shape index (κ2) is 8.57. The van der Waals surface area contributed by atoms with Gasteiger partial charge in [-0.05, 0) is 24.3 Å². The Labute approximate surface area is 175 Å². The van der Waals surface area contributed by atoms with E-state index >= 15 is 0 Å². The Hall–Kier alpha value is -3.00. The van der Waals surface area contributed by atoms with Crippen LogP contribution in [0.3, 0.4) is 0 Å². The topological polar surface area (TPSA) is 126 Å². The van der Waals surface area contributed by atoms with E-state index in [1.807, 2.05) is 6.07 Å². The van der Waals surface area contributed by atoms with Gasteiger partial charge in [0.05, 0.1) is 5.75 Å². The fourth-order valence-electron chi connectivity index (χ4n) is 2.19. The Morgan fingerprint density at radius 2 is 2.14 bits per heavy atom. The van der Waals surface area contributed by atoms with Gasteiger partial charge < -0.3 is 4.42 Å². The number of aromatic nitrogens is 2. The third-order valence-corrected chi connectivity index (χ3v) is 6.91. The van der Waals surface area contributed by atoms with Crippen LogP contribution in [0, 0.1) is 11.3 Å². The minimum atomic E-state index is -3.52. The lowest BCUT2D eigenvalue weighted by molar-refractivity contribution is -0.112. The van der Waals surface area contributed by atoms with E-state index in [2.05, 4.69) is 15.5 Å². The first-order valence-corrected chi connectivity index (χ1v) is 11.0. The number of nitrogens with zero attached hydrogens (tertiary/aromatic N) is 3. The Morgan fingerprint density at radius 3 is 2.83 bits per heavy atom. The second-order valence-corrected chi connectivity index (χ2v) is 9.48. The maximum absolute atomic E-state index is 12.3. The van der Waals surface area contributed by atoms with Crippen LogP contribution < -0.4 is 5.32 Å². The summed E-state index contributed by atoms with van der Waals surface area (Å²) in [4.78, 5) is 12.3. The molecule has 0 aliphatic carbocycles. The lowest BCUT2D eigenvalue weighted by Crippen LogP contribution is -2.13. The molecule has 3 rings (SSSR count). The number of benzene rings is 1. The standard InChI is InChI=1S/C18H13ClN4O4S2/c1-2-29(25,26)18-23-22-17(28-18)21-16(24)12(10-20)9-14-6-7-15(27-14)11-4-3-5-13(19)8-11/h3-9H,2H2,1H3,(H,21,22,24)/b12-9-. The molecular weight excluding hydrogens is 436 g/mol. The fourth-order valence-corrected chi connectivity index (χ4v) is 4.37. The van der Waals surface area contributed by atoms with Gasteiger partial charge in [-0.3, -0.25) is 10.1 Å². The van der Waals surface area contributed by atoms with Crippen LogP contribution in [0.5, 0.6) is 0 Å². The van der Waals surface area contributed by atoms with Crippen molar-refractivity contribution in [1.29, 1.82) is 5.26 Å². The number of rotatable bonds is 6. The molecule has 2 aromatic heterocycles. The van der Waals surface area contributed by atoms with E-state index in [4.69, 9.17) is 16.0 Å². The van der Waals surface area contributed by atoms with Gasteiger partial charge in [0.1, 0.15) is 23.2 Å². The molecule has 0 aliphatic rings. The summed E-state index contributed by atoms with van der Waals surface area (Å²) in [7, 11) is -3.52. The van der Waals surface area contributed by atoms with Gasteiger partial charge in [-0.25, -0.2) is 8.42 Å². The molecule has 0 saturated heterocycles. The van der Waals surface area contributed by atoms with Crippen molar-refractivity contribution in [2.75, 3.05) is 11.1 Å². The molecule has 1 aromatic carbocycles. The van der Waals surface area contributed by atoms with E-state index in [1.54, 1.807) is 36.4 Å². The van der Waals surface area contributed by atoms with Crippen molar-refractivity contribution in [2.24, 2.45) is 0 Å². The quantitative estimate of drug-likeness (QED) is 0.345. The smallest absolute Gasteiger partial charge is 0.268 e. The van der Waals surface area contributed by atoms with Crippen LogP contribution in [0.4, 0.5) is 5.13 Å². The fraction of sp³-hybridized carbons (Fsp3) is 0.111. The minimum Gasteiger partial charge on any atom is -0.457 e. The number of nitrogens with one attached hydrogen (secondary N) is 1. The molecule has 1 amide bonds. The van der Waals surface area contributed by atoms with Crippen molar-refractivity contribution in [3.63, 3.8) is 0 Å². The number of nitriles is 1. The Balaban J connectivity index is 1.78. The number of carbonyl (C=O) groups is 1. The van der Waals surface area contributed by atoms with E-state index in [9.17, 15) is 18.5 Å². The van der Waals surface area contributed by atoms with Gasteiger partial charge >= 0.3 is 0 Å². The zero-order valence-corrected chi connectivity index (χ0v) is 17.3. The summed E-state index contributed by atoms with van der Waals surface area (Å²) >= 11 is 6.68. The molecule has 0 bridgehead atoms. The van der Waals surface area contributed by atoms with Crippen molar-refractivity contribution in [1.82, 2.24) is 10.2 Å². The molecule has 148 valence electrons. The summed E-state index contributed by atoms with van der Waals surface area (Å²) in [5.41, 5.74) is 0.505. The van der Waals surface area contributed by atoms with Gasteiger partial charge in [-0.2, -0.15) is 5.26 Å². The van der Waals surface area contributed by atoms with Crippen LogP contribution in [0.15, 0.2) is 50.7 Å². The van der Waals surface area contributed by atoms with Crippen molar-refractivity contribution < 1.29 is 17.6 Å². The molecule has 0 spiro atoms. The highest BCUT2D eigenvalue weighted by Crippen LogP contribution is 2.26. The lowest BCUT2D eigenvalue weighted by atomic mass is 10.2. The predicted octanol–water partition coefficient (Wildman–Crippen LogP) is 3.79. The Kier molecular flexibility index (Phi) is 6.12. The highest BCUT2D eigenvalue weighted by atomic mass is 35.5. The molecule has 8 nitrogen and oxygen atoms in total. The maximum Gasteiger partial charge on any atom is 0.268 e. The third kappa shape index (κ3) is 4.89. The molecule has 3 aromatic rings. The molecule has 29 heavy (non-hydrogen) atoms. The highest BCUT2D eigenvalue weighted by Gasteiger charge is 2.20. The van der Waals surface area contributed by atoms with E-state index in [1.165, 1.54) is 13.0 Å². The average Bonchev–Trinajstić information content (AvgIpc) is 3.36. The molecule has 0 aliphatic heterocycles. The van der Waals surface area contributed by atoms with Crippen LogP contribution in [0.1, 0.15) is 12.7 Å². The van der Waals surface area contributed by atoms with Gasteiger partial charge in [0.15, 0.2) is 0 Å². The Bertz CT molecular complexity index is 1240. The first-order chi connectivity index (χ1) is 13.8. The summed E-state index contributed by atoms with van der Waals surface area (Å²) in [6, 6.07) is 12.1. The number of halogens is 1. The van der Waals surface area contributed by atoms with Crippen molar-refractivity contribution in [3.05, 3.63) is 52.8 Å². The normalized spacial score (nSPS) is 11.8. The highest BCUT2D eigenvalue weighted by molar-refractivity contribution is 7.93. The summed E-state index contributed by atoms with van der Waals surface area (Å²) in [6.07, 6.45) is 1.27. The SMILES string of the molecule is CCS(=O)(=O)c1nnc(NC(=O)/C(C#N)=C\c2ccc(-c3cccc(Cl)c3)o2)s1. The molecule has 0 saturated carbocycles. The van der Waals surface area contributed by atoms with Gasteiger partial charge in [-0.1, -0.05) is 42.0 Å². The zero-order chi connectivity index (χ0) is 21.0. The van der Waals surface area contributed by atoms with E-state index in [0.717, 1.165) is 5.56 Å². The molecule has 1 N–H and O–H groups in total. The average molecular weight is 449 g/mol. The second-order valence-electron chi connectivity index (χ2n) is 5.61. The van der Waals surface area contributed by atoms with Crippen LogP contribution in [-0.4, -0.2) is 30.3 Å². The summed E-state index contributed by atoms with van der Waals surface area (Å²) in [5.74, 6) is -0.0789. The number of carbonyl (C=O) groups excluding carboxylic acids is 1. The summed E-state index contributed by atoms with van der Waals surface area (Å²) < 4.78 is 29.0. The maximum atomic E-state index is 12.3. The molecule has 0 atom stereocenters. The van der Waals surface area contributed by atoms with Gasteiger partial charge in [0.25, 0.3) is 5.91 Å². The molecule has 11 heteroatoms. The third-order valence-electron chi connectivity index (χ3n) is 3.66. The number of anilines is 1. The number of amides is 1. The largest absolute Gasteiger partial charge is 0.457 e. The van der Waals surface area contributed by atoms with E-state index < -0.39 is 15.7 Å². The minimum absolute atomic E-state index is 0.0257. The van der Waals surface area contributed by atoms with Crippen LogP contribution in [0.25, 0.3) is 17.4 Å². The van der Waals surface area contributed by atoms with Crippen molar-refractivity contribution in [2.45, 2.75) is 11.3 Å². The lowest BCUT2D eigenvalue weighted by Gasteiger charge is -1.99. The number of sulfone groups is 1. The molecule has 0 radical (unpaired) electrons. The zero-order valence-electron chi connectivity index (χ0n) is 14.9. The van der Waals surface area contributed by atoms with Gasteiger partial charge in [-0.15, -0.1) is 10.2 Å². The number of hydrogen-bond acceptors (Lipinski definition) is 8. The molecule has 0 unspecified atom stereocenters. The van der Waals surface area contributed by atoms with Gasteiger partial charge in [0.2, 0.25) is 19.3 Å². The molecular formula is C18H13ClN4O4S2. The van der Waals surface area contributed by atoms with Crippen molar-refractivity contribution in [3.8, 4) is 17.4 Å². The van der Waals surface area contributed by atoms with Crippen LogP contribution in [-0.2, 0) is 14.6 Å². The van der Waals surface area contributed by atoms with E-state index in [-0.39, 0.29) is 26.6 Å². The monoisotopic (exact) mass is 448 g/mol. The summed E-state index contributed by atoms with van der Waals surface area (Å²) in [5, 5.41) is 19.4. The summed E-state index contributed by atoms with van der Waals surface area (Å²) in [6.45, 7) is 1.48. The van der Waals surface area contributed by atoms with Gasteiger partial charge in [0, 0.05) is 16.7 Å². The predicted molar refractivity (Wildman–Crippen MR) is 109 cm³/mol.